The van der Waals surface area contributed by atoms with Crippen molar-refractivity contribution in [1.29, 1.82) is 0 Å². The summed E-state index contributed by atoms with van der Waals surface area (Å²) < 4.78 is 1.33. The lowest BCUT2D eigenvalue weighted by Crippen LogP contribution is -2.25. The van der Waals surface area contributed by atoms with Crippen molar-refractivity contribution >= 4 is 23.5 Å². The standard InChI is InChI=1S/C11H14ClN7O/c1-3-18(4-2)10-14-9(12)15-11(16-10)19-6-5-7(17-19)8(13)20/h5-6H,3-4H2,1-2H3,(H2,13,20). The van der Waals surface area contributed by atoms with Crippen LogP contribution in [-0.2, 0) is 0 Å². The Morgan fingerprint density at radius 2 is 2.05 bits per heavy atom. The SMILES string of the molecule is CCN(CC)c1nc(Cl)nc(-n2ccc(C(N)=O)n2)n1. The van der Waals surface area contributed by atoms with Gasteiger partial charge >= 0.3 is 0 Å². The van der Waals surface area contributed by atoms with Gasteiger partial charge in [-0.25, -0.2) is 4.68 Å². The largest absolute Gasteiger partial charge is 0.364 e. The molecule has 0 spiro atoms. The first-order valence-corrected chi connectivity index (χ1v) is 6.45. The van der Waals surface area contributed by atoms with E-state index in [0.717, 1.165) is 13.1 Å². The quantitative estimate of drug-likeness (QED) is 0.869. The average Bonchev–Trinajstić information content (AvgIpc) is 2.89. The molecule has 2 rings (SSSR count). The van der Waals surface area contributed by atoms with Gasteiger partial charge in [0.2, 0.25) is 11.2 Å². The minimum atomic E-state index is -0.618. The lowest BCUT2D eigenvalue weighted by molar-refractivity contribution is 0.0995. The maximum atomic E-state index is 11.0. The molecule has 0 saturated heterocycles. The summed E-state index contributed by atoms with van der Waals surface area (Å²) in [4.78, 5) is 25.3. The Morgan fingerprint density at radius 3 is 2.60 bits per heavy atom. The topological polar surface area (TPSA) is 103 Å². The highest BCUT2D eigenvalue weighted by molar-refractivity contribution is 6.28. The molecule has 0 aliphatic carbocycles. The summed E-state index contributed by atoms with van der Waals surface area (Å²) in [7, 11) is 0. The number of amides is 1. The van der Waals surface area contributed by atoms with Gasteiger partial charge in [-0.05, 0) is 31.5 Å². The first-order chi connectivity index (χ1) is 9.55. The van der Waals surface area contributed by atoms with E-state index in [1.165, 1.54) is 16.9 Å². The van der Waals surface area contributed by atoms with Crippen molar-refractivity contribution in [3.05, 3.63) is 23.2 Å². The molecule has 0 fully saturated rings. The maximum absolute atomic E-state index is 11.0. The van der Waals surface area contributed by atoms with Crippen LogP contribution in [0.3, 0.4) is 0 Å². The fourth-order valence-corrected chi connectivity index (χ4v) is 1.80. The van der Waals surface area contributed by atoms with Gasteiger partial charge in [0.05, 0.1) is 0 Å². The number of hydrogen-bond donors (Lipinski definition) is 1. The number of halogens is 1. The van der Waals surface area contributed by atoms with Crippen molar-refractivity contribution in [1.82, 2.24) is 24.7 Å². The van der Waals surface area contributed by atoms with Crippen molar-refractivity contribution < 1.29 is 4.79 Å². The van der Waals surface area contributed by atoms with E-state index in [9.17, 15) is 4.79 Å². The van der Waals surface area contributed by atoms with Gasteiger partial charge in [-0.3, -0.25) is 4.79 Å². The minimum absolute atomic E-state index is 0.0630. The van der Waals surface area contributed by atoms with Gasteiger partial charge in [0, 0.05) is 19.3 Å². The zero-order valence-corrected chi connectivity index (χ0v) is 11.9. The summed E-state index contributed by atoms with van der Waals surface area (Å²) in [5, 5.41) is 4.05. The number of anilines is 1. The number of carbonyl (C=O) groups excluding carboxylic acids is 1. The smallest absolute Gasteiger partial charge is 0.269 e. The Morgan fingerprint density at radius 1 is 1.35 bits per heavy atom. The van der Waals surface area contributed by atoms with Crippen LogP contribution in [0.5, 0.6) is 0 Å². The number of aromatic nitrogens is 5. The van der Waals surface area contributed by atoms with E-state index in [1.54, 1.807) is 0 Å². The highest BCUT2D eigenvalue weighted by Crippen LogP contribution is 2.13. The summed E-state index contributed by atoms with van der Waals surface area (Å²) in [6.45, 7) is 5.45. The average molecular weight is 296 g/mol. The molecule has 0 atom stereocenters. The van der Waals surface area contributed by atoms with Crippen LogP contribution in [0.15, 0.2) is 12.3 Å². The molecule has 9 heteroatoms. The van der Waals surface area contributed by atoms with Crippen LogP contribution in [-0.4, -0.2) is 43.7 Å². The van der Waals surface area contributed by atoms with Gasteiger partial charge in [-0.1, -0.05) is 0 Å². The molecule has 0 aliphatic heterocycles. The maximum Gasteiger partial charge on any atom is 0.269 e. The molecular formula is C11H14ClN7O. The predicted molar refractivity (Wildman–Crippen MR) is 74.0 cm³/mol. The summed E-state index contributed by atoms with van der Waals surface area (Å²) in [5.41, 5.74) is 5.28. The Balaban J connectivity index is 2.43. The van der Waals surface area contributed by atoms with Gasteiger partial charge in [-0.2, -0.15) is 20.1 Å². The van der Waals surface area contributed by atoms with E-state index in [2.05, 4.69) is 20.1 Å². The number of hydrogen-bond acceptors (Lipinski definition) is 6. The third-order valence-electron chi connectivity index (χ3n) is 2.68. The molecule has 2 heterocycles. The first-order valence-electron chi connectivity index (χ1n) is 6.07. The molecular weight excluding hydrogens is 282 g/mol. The number of primary amides is 1. The lowest BCUT2D eigenvalue weighted by atomic mass is 10.4. The molecule has 8 nitrogen and oxygen atoms in total. The van der Waals surface area contributed by atoms with Crippen molar-refractivity contribution in [3.8, 4) is 5.95 Å². The van der Waals surface area contributed by atoms with Gasteiger partial charge < -0.3 is 10.6 Å². The molecule has 2 aromatic rings. The summed E-state index contributed by atoms with van der Waals surface area (Å²) in [6.07, 6.45) is 1.54. The van der Waals surface area contributed by atoms with Crippen molar-refractivity contribution in [2.45, 2.75) is 13.8 Å². The van der Waals surface area contributed by atoms with E-state index < -0.39 is 5.91 Å². The van der Waals surface area contributed by atoms with E-state index >= 15 is 0 Å². The van der Waals surface area contributed by atoms with E-state index in [0.29, 0.717) is 5.95 Å². The third-order valence-corrected chi connectivity index (χ3v) is 2.85. The summed E-state index contributed by atoms with van der Waals surface area (Å²) >= 11 is 5.91. The second-order valence-corrected chi connectivity index (χ2v) is 4.22. The highest BCUT2D eigenvalue weighted by Gasteiger charge is 2.13. The van der Waals surface area contributed by atoms with Crippen LogP contribution in [0.4, 0.5) is 5.95 Å². The normalized spacial score (nSPS) is 10.6. The molecule has 0 unspecified atom stereocenters. The number of nitrogens with zero attached hydrogens (tertiary/aromatic N) is 6. The number of rotatable bonds is 5. The van der Waals surface area contributed by atoms with E-state index in [-0.39, 0.29) is 16.9 Å². The zero-order chi connectivity index (χ0) is 14.7. The fourth-order valence-electron chi connectivity index (χ4n) is 1.65. The van der Waals surface area contributed by atoms with Crippen molar-refractivity contribution in [3.63, 3.8) is 0 Å². The van der Waals surface area contributed by atoms with Gasteiger partial charge in [0.1, 0.15) is 5.69 Å². The van der Waals surface area contributed by atoms with Crippen LogP contribution < -0.4 is 10.6 Å². The molecule has 106 valence electrons. The molecule has 0 aromatic carbocycles. The Kier molecular flexibility index (Phi) is 4.14. The van der Waals surface area contributed by atoms with E-state index in [1.807, 2.05) is 18.7 Å². The monoisotopic (exact) mass is 295 g/mol. The number of nitrogens with two attached hydrogens (primary N) is 1. The second-order valence-electron chi connectivity index (χ2n) is 3.89. The van der Waals surface area contributed by atoms with Crippen LogP contribution in [0.2, 0.25) is 5.28 Å². The van der Waals surface area contributed by atoms with Crippen LogP contribution in [0, 0.1) is 0 Å². The van der Waals surface area contributed by atoms with Crippen LogP contribution >= 0.6 is 11.6 Å². The lowest BCUT2D eigenvalue weighted by Gasteiger charge is -2.18. The summed E-state index contributed by atoms with van der Waals surface area (Å²) in [6, 6.07) is 1.48. The summed E-state index contributed by atoms with van der Waals surface area (Å²) in [5.74, 6) is 0.0772. The van der Waals surface area contributed by atoms with Crippen LogP contribution in [0.1, 0.15) is 24.3 Å². The van der Waals surface area contributed by atoms with Gasteiger partial charge in [0.15, 0.2) is 0 Å². The number of carbonyl (C=O) groups is 1. The van der Waals surface area contributed by atoms with Gasteiger partial charge in [-0.15, -0.1) is 0 Å². The second kappa shape index (κ2) is 5.83. The zero-order valence-electron chi connectivity index (χ0n) is 11.1. The molecule has 2 aromatic heterocycles. The highest BCUT2D eigenvalue weighted by atomic mass is 35.5. The molecule has 2 N–H and O–H groups in total. The molecule has 20 heavy (non-hydrogen) atoms. The molecule has 0 bridgehead atoms. The molecule has 0 radical (unpaired) electrons. The van der Waals surface area contributed by atoms with Gasteiger partial charge in [0.25, 0.3) is 11.9 Å². The predicted octanol–water partition coefficient (Wildman–Crippen LogP) is 0.656. The fraction of sp³-hybridized carbons (Fsp3) is 0.364. The minimum Gasteiger partial charge on any atom is -0.364 e. The first kappa shape index (κ1) is 14.2. The Bertz CT molecular complexity index is 623. The molecule has 0 aliphatic rings. The Hall–Kier alpha value is -2.22. The third kappa shape index (κ3) is 2.85. The molecule has 1 amide bonds. The van der Waals surface area contributed by atoms with E-state index in [4.69, 9.17) is 17.3 Å². The Labute approximate surface area is 120 Å². The van der Waals surface area contributed by atoms with Crippen molar-refractivity contribution in [2.75, 3.05) is 18.0 Å². The molecule has 0 saturated carbocycles. The van der Waals surface area contributed by atoms with Crippen molar-refractivity contribution in [2.24, 2.45) is 5.73 Å². The van der Waals surface area contributed by atoms with Crippen LogP contribution in [0.25, 0.3) is 5.95 Å².